The number of nitrogens with zero attached hydrogens (tertiary/aromatic N) is 2. The van der Waals surface area contributed by atoms with Gasteiger partial charge in [0.15, 0.2) is 0 Å². The maximum Gasteiger partial charge on any atom is 0.117 e. The lowest BCUT2D eigenvalue weighted by molar-refractivity contribution is 0.0904. The Balaban J connectivity index is 1.98. The molecule has 0 radical (unpaired) electrons. The third-order valence-corrected chi connectivity index (χ3v) is 6.38. The van der Waals surface area contributed by atoms with Gasteiger partial charge < -0.3 is 0 Å². The maximum absolute atomic E-state index is 4.84. The molecule has 0 N–H and O–H groups in total. The van der Waals surface area contributed by atoms with E-state index >= 15 is 0 Å². The van der Waals surface area contributed by atoms with E-state index in [1.54, 1.807) is 0 Å². The van der Waals surface area contributed by atoms with Gasteiger partial charge in [-0.3, -0.25) is 0 Å². The lowest BCUT2D eigenvalue weighted by Crippen LogP contribution is -2.43. The molecule has 0 aromatic heterocycles. The van der Waals surface area contributed by atoms with E-state index in [0.29, 0.717) is 5.92 Å². The average Bonchev–Trinajstić information content (AvgIpc) is 2.55. The summed E-state index contributed by atoms with van der Waals surface area (Å²) in [6.07, 6.45) is 2.65. The zero-order chi connectivity index (χ0) is 12.6. The van der Waals surface area contributed by atoms with E-state index in [-0.39, 0.29) is 16.5 Å². The fourth-order valence-corrected chi connectivity index (χ4v) is 4.89. The van der Waals surface area contributed by atoms with Crippen LogP contribution in [0, 0.1) is 17.3 Å². The Kier molecular flexibility index (Phi) is 1.71. The highest BCUT2D eigenvalue weighted by atomic mass is 15.3. The molecule has 1 aromatic carbocycles. The molecule has 0 spiro atoms. The Morgan fingerprint density at radius 3 is 2.17 bits per heavy atom. The van der Waals surface area contributed by atoms with Crippen molar-refractivity contribution in [2.24, 2.45) is 27.5 Å². The minimum atomic E-state index is -0.0636. The molecule has 1 aliphatic heterocycles. The molecule has 4 rings (SSSR count). The Hall–Kier alpha value is -1.18. The average molecular weight is 240 g/mol. The zero-order valence-corrected chi connectivity index (χ0v) is 11.4. The van der Waals surface area contributed by atoms with Crippen molar-refractivity contribution in [3.05, 3.63) is 35.9 Å². The summed E-state index contributed by atoms with van der Waals surface area (Å²) in [4.78, 5) is 0. The molecule has 0 saturated heterocycles. The molecule has 2 saturated carbocycles. The molecule has 4 atom stereocenters. The van der Waals surface area contributed by atoms with Gasteiger partial charge in [0, 0.05) is 5.41 Å². The molecule has 18 heavy (non-hydrogen) atoms. The monoisotopic (exact) mass is 240 g/mol. The molecule has 1 heterocycles. The fourth-order valence-electron chi connectivity index (χ4n) is 4.89. The number of fused-ring (bicyclic) bond motifs is 5. The lowest BCUT2D eigenvalue weighted by Gasteiger charge is -2.44. The molecule has 2 nitrogen and oxygen atoms in total. The number of benzene rings is 1. The molecule has 3 aliphatic rings. The second-order valence-corrected chi connectivity index (χ2v) is 6.90. The van der Waals surface area contributed by atoms with Crippen LogP contribution in [-0.4, -0.2) is 5.54 Å². The SMILES string of the molecule is CC1(C)[C@@]2(C)N=N[C@@]1(c1ccccc1)[C@H]1CC[C@@H]12. The van der Waals surface area contributed by atoms with E-state index in [1.807, 2.05) is 0 Å². The van der Waals surface area contributed by atoms with Crippen molar-refractivity contribution in [2.45, 2.75) is 44.7 Å². The Bertz CT molecular complexity index is 533. The van der Waals surface area contributed by atoms with E-state index in [2.05, 4.69) is 51.1 Å². The molecule has 2 aliphatic carbocycles. The van der Waals surface area contributed by atoms with Crippen LogP contribution in [0.15, 0.2) is 40.6 Å². The zero-order valence-electron chi connectivity index (χ0n) is 11.4. The first-order valence-electron chi connectivity index (χ1n) is 7.04. The molecular weight excluding hydrogens is 220 g/mol. The second kappa shape index (κ2) is 2.87. The Labute approximate surface area is 109 Å². The van der Waals surface area contributed by atoms with Crippen LogP contribution in [-0.2, 0) is 5.54 Å². The summed E-state index contributed by atoms with van der Waals surface area (Å²) in [7, 11) is 0. The highest BCUT2D eigenvalue weighted by Gasteiger charge is 2.77. The first kappa shape index (κ1) is 10.7. The van der Waals surface area contributed by atoms with Crippen LogP contribution >= 0.6 is 0 Å². The highest BCUT2D eigenvalue weighted by molar-refractivity contribution is 5.40. The second-order valence-electron chi connectivity index (χ2n) is 6.90. The summed E-state index contributed by atoms with van der Waals surface area (Å²) in [6, 6.07) is 10.8. The van der Waals surface area contributed by atoms with Gasteiger partial charge in [0.05, 0.1) is 5.54 Å². The van der Waals surface area contributed by atoms with Crippen molar-refractivity contribution in [1.82, 2.24) is 0 Å². The summed E-state index contributed by atoms with van der Waals surface area (Å²) in [5, 5.41) is 9.58. The van der Waals surface area contributed by atoms with Gasteiger partial charge in [-0.15, -0.1) is 0 Å². The van der Waals surface area contributed by atoms with Crippen molar-refractivity contribution in [1.29, 1.82) is 0 Å². The van der Waals surface area contributed by atoms with Gasteiger partial charge >= 0.3 is 0 Å². The van der Waals surface area contributed by atoms with Crippen molar-refractivity contribution in [2.75, 3.05) is 0 Å². The van der Waals surface area contributed by atoms with E-state index in [1.165, 1.54) is 18.4 Å². The van der Waals surface area contributed by atoms with Crippen LogP contribution in [0.1, 0.15) is 39.2 Å². The van der Waals surface area contributed by atoms with Gasteiger partial charge in [-0.1, -0.05) is 44.2 Å². The minimum Gasteiger partial charge on any atom is -0.186 e. The third-order valence-electron chi connectivity index (χ3n) is 6.38. The largest absolute Gasteiger partial charge is 0.186 e. The number of hydrogen-bond donors (Lipinski definition) is 0. The molecular formula is C16H20N2. The van der Waals surface area contributed by atoms with Gasteiger partial charge in [0.1, 0.15) is 5.54 Å². The van der Waals surface area contributed by atoms with Crippen molar-refractivity contribution >= 4 is 0 Å². The van der Waals surface area contributed by atoms with E-state index in [9.17, 15) is 0 Å². The van der Waals surface area contributed by atoms with Gasteiger partial charge in [-0.25, -0.2) is 0 Å². The molecule has 0 unspecified atom stereocenters. The number of hydrogen-bond acceptors (Lipinski definition) is 2. The number of rotatable bonds is 1. The van der Waals surface area contributed by atoms with Crippen LogP contribution in [0.2, 0.25) is 0 Å². The van der Waals surface area contributed by atoms with Gasteiger partial charge in [0.25, 0.3) is 0 Å². The van der Waals surface area contributed by atoms with E-state index in [4.69, 9.17) is 10.2 Å². The molecule has 2 fully saturated rings. The van der Waals surface area contributed by atoms with Crippen molar-refractivity contribution < 1.29 is 0 Å². The standard InChI is InChI=1S/C16H20N2/c1-14(2)15(3)12-9-10-13(12)16(14,18-17-15)11-7-5-4-6-8-11/h4-8,12-13H,9-10H2,1-3H3/t12-,13-,15-,16-/m0/s1. The van der Waals surface area contributed by atoms with Crippen LogP contribution in [0.3, 0.4) is 0 Å². The predicted molar refractivity (Wildman–Crippen MR) is 71.4 cm³/mol. The van der Waals surface area contributed by atoms with Gasteiger partial charge in [0.2, 0.25) is 0 Å². The van der Waals surface area contributed by atoms with Crippen molar-refractivity contribution in [3.63, 3.8) is 0 Å². The topological polar surface area (TPSA) is 24.7 Å². The van der Waals surface area contributed by atoms with Gasteiger partial charge in [-0.2, -0.15) is 10.2 Å². The van der Waals surface area contributed by atoms with Crippen LogP contribution in [0.5, 0.6) is 0 Å². The van der Waals surface area contributed by atoms with Crippen LogP contribution in [0.25, 0.3) is 0 Å². The quantitative estimate of drug-likeness (QED) is 0.703. The first-order chi connectivity index (χ1) is 8.54. The van der Waals surface area contributed by atoms with E-state index < -0.39 is 0 Å². The summed E-state index contributed by atoms with van der Waals surface area (Å²) in [5.41, 5.74) is 1.49. The number of azo groups is 1. The smallest absolute Gasteiger partial charge is 0.117 e. The molecule has 2 heteroatoms. The molecule has 1 aromatic rings. The third kappa shape index (κ3) is 0.818. The normalized spacial score (nSPS) is 46.8. The highest BCUT2D eigenvalue weighted by Crippen LogP contribution is 2.75. The van der Waals surface area contributed by atoms with Crippen LogP contribution in [0.4, 0.5) is 0 Å². The van der Waals surface area contributed by atoms with Crippen molar-refractivity contribution in [3.8, 4) is 0 Å². The fraction of sp³-hybridized carbons (Fsp3) is 0.625. The Morgan fingerprint density at radius 1 is 0.944 bits per heavy atom. The molecule has 2 bridgehead atoms. The first-order valence-corrected chi connectivity index (χ1v) is 7.04. The predicted octanol–water partition coefficient (Wildman–Crippen LogP) is 4.17. The maximum atomic E-state index is 4.84. The summed E-state index contributed by atoms with van der Waals surface area (Å²) >= 11 is 0. The lowest BCUT2D eigenvalue weighted by atomic mass is 9.63. The molecule has 94 valence electrons. The Morgan fingerprint density at radius 2 is 1.61 bits per heavy atom. The van der Waals surface area contributed by atoms with Gasteiger partial charge in [-0.05, 0) is 37.2 Å². The van der Waals surface area contributed by atoms with E-state index in [0.717, 1.165) is 5.92 Å². The summed E-state index contributed by atoms with van der Waals surface area (Å²) in [6.45, 7) is 7.07. The van der Waals surface area contributed by atoms with Crippen LogP contribution < -0.4 is 0 Å². The summed E-state index contributed by atoms with van der Waals surface area (Å²) < 4.78 is 0. The summed E-state index contributed by atoms with van der Waals surface area (Å²) in [5.74, 6) is 1.45. The minimum absolute atomic E-state index is 0.0474. The molecule has 0 amide bonds.